The average Bonchev–Trinajstić information content (AvgIpc) is 2.89. The van der Waals surface area contributed by atoms with Crippen LogP contribution in [0.3, 0.4) is 0 Å². The van der Waals surface area contributed by atoms with Crippen molar-refractivity contribution in [3.05, 3.63) is 35.9 Å². The molecule has 0 N–H and O–H groups in total. The summed E-state index contributed by atoms with van der Waals surface area (Å²) < 4.78 is 4.23. The maximum absolute atomic E-state index is 9.84. The Morgan fingerprint density at radius 2 is 0.944 bits per heavy atom. The van der Waals surface area contributed by atoms with Crippen LogP contribution in [0, 0.1) is 0 Å². The molecule has 0 aliphatic heterocycles. The monoisotopic (exact) mass is 521 g/mol. The largest absolute Gasteiger partial charge is 0.550 e. The molecule has 0 spiro atoms. The average molecular weight is 522 g/mol. The summed E-state index contributed by atoms with van der Waals surface area (Å²) in [5.74, 6) is 0. The van der Waals surface area contributed by atoms with Crippen molar-refractivity contribution in [2.24, 2.45) is 0 Å². The number of benzene rings is 1. The number of hydrogen-bond acceptors (Lipinski definition) is 2. The summed E-state index contributed by atoms with van der Waals surface area (Å²) in [6.07, 6.45) is 29.8. The lowest BCUT2D eigenvalue weighted by molar-refractivity contribution is 0.0619. The minimum absolute atomic E-state index is 0.0587. The first kappa shape index (κ1) is 34.9. The summed E-state index contributed by atoms with van der Waals surface area (Å²) in [7, 11) is 0.366. The van der Waals surface area contributed by atoms with E-state index in [9.17, 15) is 9.90 Å². The molecule has 0 aromatic heterocycles. The van der Waals surface area contributed by atoms with E-state index in [0.29, 0.717) is 7.92 Å². The standard InChI is InChI=1S/C24H51P.C8H7O3/c1-4-7-10-13-16-19-22-25(23-20-17-14-11-8-5-2)24-21-18-15-12-9-6-3;9-8(10)11-6-7-4-2-1-3-5-7/h4-24H2,1-3H3;1-5H,6H2. The first-order valence-electron chi connectivity index (χ1n) is 15.2. The van der Waals surface area contributed by atoms with E-state index in [4.69, 9.17) is 0 Å². The molecule has 0 heterocycles. The predicted octanol–water partition coefficient (Wildman–Crippen LogP) is 11.3. The Hall–Kier alpha value is -1.08. The molecule has 0 aliphatic carbocycles. The molecule has 1 aromatic rings. The molecule has 0 atom stereocenters. The second-order valence-electron chi connectivity index (χ2n) is 10.2. The molecule has 0 unspecified atom stereocenters. The Balaban J connectivity index is 0.000000918. The molecule has 209 valence electrons. The van der Waals surface area contributed by atoms with Gasteiger partial charge in [0.05, 0.1) is 0 Å². The van der Waals surface area contributed by atoms with E-state index in [1.165, 1.54) is 116 Å². The molecule has 4 heteroatoms. The van der Waals surface area contributed by atoms with Gasteiger partial charge in [-0.3, -0.25) is 0 Å². The predicted molar refractivity (Wildman–Crippen MR) is 159 cm³/mol. The van der Waals surface area contributed by atoms with Crippen LogP contribution < -0.4 is 0 Å². The van der Waals surface area contributed by atoms with E-state index in [0.717, 1.165) is 5.56 Å². The molecular formula is C32H58O3P. The number of ether oxygens (including phenoxy) is 1. The molecule has 0 aliphatic rings. The maximum Gasteiger partial charge on any atom is 0.550 e. The zero-order chi connectivity index (χ0) is 26.5. The maximum atomic E-state index is 9.84. The van der Waals surface area contributed by atoms with E-state index in [1.54, 1.807) is 30.6 Å². The molecule has 1 aromatic carbocycles. The van der Waals surface area contributed by atoms with Crippen molar-refractivity contribution in [3.63, 3.8) is 0 Å². The Bertz CT molecular complexity index is 526. The summed E-state index contributed by atoms with van der Waals surface area (Å²) in [6, 6.07) is 9.04. The molecule has 0 bridgehead atoms. The van der Waals surface area contributed by atoms with Gasteiger partial charge in [0.25, 0.3) is 0 Å². The van der Waals surface area contributed by atoms with Crippen molar-refractivity contribution in [2.45, 2.75) is 143 Å². The molecule has 3 nitrogen and oxygen atoms in total. The minimum atomic E-state index is -1.49. The van der Waals surface area contributed by atoms with Crippen molar-refractivity contribution in [2.75, 3.05) is 18.5 Å². The zero-order valence-corrected chi connectivity index (χ0v) is 25.0. The van der Waals surface area contributed by atoms with E-state index < -0.39 is 6.16 Å². The summed E-state index contributed by atoms with van der Waals surface area (Å²) in [5, 5.41) is 9.84. The molecule has 1 rings (SSSR count). The highest BCUT2D eigenvalue weighted by Crippen LogP contribution is 2.39. The first-order chi connectivity index (χ1) is 17.6. The van der Waals surface area contributed by atoms with Crippen LogP contribution in [-0.2, 0) is 16.5 Å². The van der Waals surface area contributed by atoms with Crippen molar-refractivity contribution in [3.8, 4) is 0 Å². The molecule has 0 fully saturated rings. The van der Waals surface area contributed by atoms with Crippen molar-refractivity contribution < 1.29 is 14.6 Å². The number of unbranched alkanes of at least 4 members (excludes halogenated alkanes) is 15. The van der Waals surface area contributed by atoms with E-state index >= 15 is 0 Å². The lowest BCUT2D eigenvalue weighted by Crippen LogP contribution is -1.97. The van der Waals surface area contributed by atoms with E-state index in [2.05, 4.69) is 25.5 Å². The van der Waals surface area contributed by atoms with Crippen LogP contribution in [0.5, 0.6) is 0 Å². The third-order valence-electron chi connectivity index (χ3n) is 6.68. The number of rotatable bonds is 23. The van der Waals surface area contributed by atoms with Crippen molar-refractivity contribution in [1.29, 1.82) is 0 Å². The zero-order valence-electron chi connectivity index (χ0n) is 24.1. The number of carbonyl (C=O) groups excluding carboxylic acids is 1. The quantitative estimate of drug-likeness (QED) is 0.0816. The number of carbonyl (C=O) groups is 1. The SMILES string of the molecule is CCCCCCCCP(CCCCCCCC)CCCCCCCC.[O]C(=O)OCc1ccccc1. The van der Waals surface area contributed by atoms with Gasteiger partial charge in [0.2, 0.25) is 0 Å². The molecule has 1 radical (unpaired) electrons. The Morgan fingerprint density at radius 1 is 0.583 bits per heavy atom. The molecular weight excluding hydrogens is 463 g/mol. The van der Waals surface area contributed by atoms with Gasteiger partial charge in [-0.15, -0.1) is 7.92 Å². The number of hydrogen-bond donors (Lipinski definition) is 0. The van der Waals surface area contributed by atoms with Crippen LogP contribution in [0.15, 0.2) is 30.3 Å². The van der Waals surface area contributed by atoms with Crippen LogP contribution in [-0.4, -0.2) is 24.6 Å². The highest BCUT2D eigenvalue weighted by molar-refractivity contribution is 7.57. The van der Waals surface area contributed by atoms with Gasteiger partial charge < -0.3 is 4.74 Å². The first-order valence-corrected chi connectivity index (χ1v) is 17.1. The summed E-state index contributed by atoms with van der Waals surface area (Å²) >= 11 is 0. The van der Waals surface area contributed by atoms with Gasteiger partial charge in [-0.05, 0) is 43.3 Å². The van der Waals surface area contributed by atoms with Crippen LogP contribution >= 0.6 is 7.92 Å². The van der Waals surface area contributed by atoms with Gasteiger partial charge in [0.1, 0.15) is 6.61 Å². The van der Waals surface area contributed by atoms with Crippen LogP contribution in [0.25, 0.3) is 0 Å². The Morgan fingerprint density at radius 3 is 1.31 bits per heavy atom. The third-order valence-corrected chi connectivity index (χ3v) is 9.53. The fourth-order valence-electron chi connectivity index (χ4n) is 4.40. The van der Waals surface area contributed by atoms with Gasteiger partial charge >= 0.3 is 6.16 Å². The van der Waals surface area contributed by atoms with Gasteiger partial charge in [0, 0.05) is 0 Å². The van der Waals surface area contributed by atoms with Gasteiger partial charge in [-0.25, -0.2) is 0 Å². The lowest BCUT2D eigenvalue weighted by atomic mass is 10.1. The van der Waals surface area contributed by atoms with Gasteiger partial charge in [-0.2, -0.15) is 9.90 Å². The third kappa shape index (κ3) is 26.0. The van der Waals surface area contributed by atoms with Crippen LogP contribution in [0.2, 0.25) is 0 Å². The topological polar surface area (TPSA) is 46.2 Å². The summed E-state index contributed by atoms with van der Waals surface area (Å²) in [6.45, 7) is 7.02. The van der Waals surface area contributed by atoms with Gasteiger partial charge in [0.15, 0.2) is 0 Å². The molecule has 0 saturated heterocycles. The molecule has 36 heavy (non-hydrogen) atoms. The second-order valence-corrected chi connectivity index (χ2v) is 12.9. The second kappa shape index (κ2) is 28.5. The lowest BCUT2D eigenvalue weighted by Gasteiger charge is -2.18. The smallest absolute Gasteiger partial charge is 0.427 e. The fourth-order valence-corrected chi connectivity index (χ4v) is 7.08. The fraction of sp³-hybridized carbons (Fsp3) is 0.781. The minimum Gasteiger partial charge on any atom is -0.427 e. The molecule has 0 amide bonds. The van der Waals surface area contributed by atoms with Crippen LogP contribution in [0.4, 0.5) is 4.79 Å². The summed E-state index contributed by atoms with van der Waals surface area (Å²) in [5.41, 5.74) is 0.816. The molecule has 0 saturated carbocycles. The van der Waals surface area contributed by atoms with Gasteiger partial charge in [-0.1, -0.05) is 147 Å². The normalized spacial score (nSPS) is 10.8. The summed E-state index contributed by atoms with van der Waals surface area (Å²) in [4.78, 5) is 9.84. The highest BCUT2D eigenvalue weighted by Gasteiger charge is 2.08. The Labute approximate surface area is 225 Å². The Kier molecular flexibility index (Phi) is 27.6. The highest BCUT2D eigenvalue weighted by atomic mass is 31.1. The van der Waals surface area contributed by atoms with E-state index in [1.807, 2.05) is 18.2 Å². The van der Waals surface area contributed by atoms with E-state index in [-0.39, 0.29) is 6.61 Å². The van der Waals surface area contributed by atoms with Crippen LogP contribution in [0.1, 0.15) is 142 Å². The van der Waals surface area contributed by atoms with Crippen molar-refractivity contribution >= 4 is 14.1 Å². The van der Waals surface area contributed by atoms with Crippen molar-refractivity contribution in [1.82, 2.24) is 0 Å².